The molecule has 3 aromatic rings. The average molecular weight is 387 g/mol. The van der Waals surface area contributed by atoms with Crippen LogP contribution in [-0.4, -0.2) is 25.1 Å². The average Bonchev–Trinajstić information content (AvgIpc) is 3.16. The lowest BCUT2D eigenvalue weighted by atomic mass is 10.1. The Kier molecular flexibility index (Phi) is 5.98. The lowest BCUT2D eigenvalue weighted by Gasteiger charge is -2.09. The molecule has 0 saturated carbocycles. The molecule has 1 aromatic heterocycles. The first-order valence-electron chi connectivity index (χ1n) is 8.21. The van der Waals surface area contributed by atoms with E-state index in [1.54, 1.807) is 26.4 Å². The van der Waals surface area contributed by atoms with E-state index < -0.39 is 0 Å². The molecule has 0 aliphatic heterocycles. The number of rotatable bonds is 7. The molecular weight excluding hydrogens is 368 g/mol. The Morgan fingerprint density at radius 1 is 1.04 bits per heavy atom. The summed E-state index contributed by atoms with van der Waals surface area (Å²) in [5.74, 6) is 1.86. The van der Waals surface area contributed by atoms with E-state index in [1.165, 1.54) is 0 Å². The van der Waals surface area contributed by atoms with Crippen LogP contribution in [0.15, 0.2) is 58.2 Å². The number of nitrogens with zero attached hydrogens (tertiary/aromatic N) is 2. The molecule has 0 N–H and O–H groups in total. The first kappa shape index (κ1) is 18.8. The SMILES string of the molecule is COc1ccc(/C(C)=N/OCc2cc(-c3ccc(Cl)cc3)no2)cc1OC. The fraction of sp³-hybridized carbons (Fsp3) is 0.200. The standard InChI is InChI=1S/C20H19ClN2O4/c1-13(15-6-9-19(24-2)20(10-15)25-3)22-26-12-17-11-18(23-27-17)14-4-7-16(21)8-5-14/h4-11H,12H2,1-3H3/b22-13+. The highest BCUT2D eigenvalue weighted by molar-refractivity contribution is 6.30. The van der Waals surface area contributed by atoms with Gasteiger partial charge in [0.05, 0.1) is 19.9 Å². The number of aromatic nitrogens is 1. The molecule has 0 radical (unpaired) electrons. The molecule has 0 unspecified atom stereocenters. The van der Waals surface area contributed by atoms with Crippen LogP contribution in [0, 0.1) is 0 Å². The summed E-state index contributed by atoms with van der Waals surface area (Å²) in [5, 5.41) is 8.84. The lowest BCUT2D eigenvalue weighted by Crippen LogP contribution is -1.99. The molecule has 0 bridgehead atoms. The minimum atomic E-state index is 0.172. The van der Waals surface area contributed by atoms with Gasteiger partial charge in [-0.15, -0.1) is 0 Å². The van der Waals surface area contributed by atoms with E-state index in [0.29, 0.717) is 33.7 Å². The molecule has 0 aliphatic rings. The second kappa shape index (κ2) is 8.60. The van der Waals surface area contributed by atoms with Gasteiger partial charge in [0.15, 0.2) is 23.9 Å². The molecule has 0 fully saturated rings. The number of benzene rings is 2. The van der Waals surface area contributed by atoms with E-state index in [1.807, 2.05) is 43.3 Å². The van der Waals surface area contributed by atoms with Crippen molar-refractivity contribution in [3.05, 3.63) is 64.9 Å². The zero-order chi connectivity index (χ0) is 19.2. The van der Waals surface area contributed by atoms with Gasteiger partial charge >= 0.3 is 0 Å². The van der Waals surface area contributed by atoms with Crippen LogP contribution in [0.4, 0.5) is 0 Å². The third-order valence-electron chi connectivity index (χ3n) is 3.91. The minimum absolute atomic E-state index is 0.172. The summed E-state index contributed by atoms with van der Waals surface area (Å²) in [6.07, 6.45) is 0. The van der Waals surface area contributed by atoms with Gasteiger partial charge in [-0.1, -0.05) is 34.0 Å². The van der Waals surface area contributed by atoms with Crippen molar-refractivity contribution in [1.29, 1.82) is 0 Å². The third-order valence-corrected chi connectivity index (χ3v) is 4.16. The Labute approximate surface area is 162 Å². The third kappa shape index (κ3) is 4.60. The van der Waals surface area contributed by atoms with E-state index in [4.69, 9.17) is 30.4 Å². The van der Waals surface area contributed by atoms with Crippen molar-refractivity contribution in [3.8, 4) is 22.8 Å². The minimum Gasteiger partial charge on any atom is -0.493 e. The van der Waals surface area contributed by atoms with Gasteiger partial charge in [0.1, 0.15) is 5.69 Å². The molecule has 1 heterocycles. The van der Waals surface area contributed by atoms with E-state index in [2.05, 4.69) is 10.3 Å². The smallest absolute Gasteiger partial charge is 0.177 e. The maximum atomic E-state index is 5.90. The molecule has 0 amide bonds. The van der Waals surface area contributed by atoms with Crippen LogP contribution in [0.25, 0.3) is 11.3 Å². The van der Waals surface area contributed by atoms with Crippen molar-refractivity contribution in [2.45, 2.75) is 13.5 Å². The molecular formula is C20H19ClN2O4. The van der Waals surface area contributed by atoms with Crippen molar-refractivity contribution >= 4 is 17.3 Å². The summed E-state index contributed by atoms with van der Waals surface area (Å²) in [7, 11) is 3.18. The fourth-order valence-corrected chi connectivity index (χ4v) is 2.57. The molecule has 0 spiro atoms. The highest BCUT2D eigenvalue weighted by Gasteiger charge is 2.09. The van der Waals surface area contributed by atoms with Crippen molar-refractivity contribution in [2.24, 2.45) is 5.16 Å². The van der Waals surface area contributed by atoms with Gasteiger partial charge in [0.25, 0.3) is 0 Å². The van der Waals surface area contributed by atoms with Crippen molar-refractivity contribution in [2.75, 3.05) is 14.2 Å². The highest BCUT2D eigenvalue weighted by atomic mass is 35.5. The van der Waals surface area contributed by atoms with E-state index >= 15 is 0 Å². The van der Waals surface area contributed by atoms with Crippen LogP contribution in [0.5, 0.6) is 11.5 Å². The second-order valence-corrected chi connectivity index (χ2v) is 6.14. The predicted molar refractivity (Wildman–Crippen MR) is 103 cm³/mol. The molecule has 0 aliphatic carbocycles. The first-order chi connectivity index (χ1) is 13.1. The van der Waals surface area contributed by atoms with Crippen molar-refractivity contribution in [3.63, 3.8) is 0 Å². The normalized spacial score (nSPS) is 11.3. The van der Waals surface area contributed by atoms with E-state index in [9.17, 15) is 0 Å². The quantitative estimate of drug-likeness (QED) is 0.424. The number of oxime groups is 1. The molecule has 0 atom stereocenters. The van der Waals surface area contributed by atoms with Crippen LogP contribution in [0.2, 0.25) is 5.02 Å². The first-order valence-corrected chi connectivity index (χ1v) is 8.59. The molecule has 0 saturated heterocycles. The van der Waals surface area contributed by atoms with Gasteiger partial charge in [-0.3, -0.25) is 0 Å². The summed E-state index contributed by atoms with van der Waals surface area (Å²) < 4.78 is 15.8. The van der Waals surface area contributed by atoms with Gasteiger partial charge in [-0.25, -0.2) is 0 Å². The van der Waals surface area contributed by atoms with Crippen molar-refractivity contribution in [1.82, 2.24) is 5.16 Å². The monoisotopic (exact) mass is 386 g/mol. The van der Waals surface area contributed by atoms with Crippen LogP contribution in [0.1, 0.15) is 18.2 Å². The number of ether oxygens (including phenoxy) is 2. The summed E-state index contributed by atoms with van der Waals surface area (Å²) in [4.78, 5) is 5.40. The Morgan fingerprint density at radius 3 is 2.48 bits per heavy atom. The Morgan fingerprint density at radius 2 is 1.78 bits per heavy atom. The maximum Gasteiger partial charge on any atom is 0.177 e. The van der Waals surface area contributed by atoms with E-state index in [-0.39, 0.29) is 6.61 Å². The molecule has 7 heteroatoms. The number of methoxy groups -OCH3 is 2. The molecule has 27 heavy (non-hydrogen) atoms. The van der Waals surface area contributed by atoms with Gasteiger partial charge in [-0.05, 0) is 37.3 Å². The zero-order valence-corrected chi connectivity index (χ0v) is 16.0. The summed E-state index contributed by atoms with van der Waals surface area (Å²) in [6.45, 7) is 2.02. The maximum absolute atomic E-state index is 5.90. The zero-order valence-electron chi connectivity index (χ0n) is 15.2. The Balaban J connectivity index is 1.64. The van der Waals surface area contributed by atoms with Crippen LogP contribution in [0.3, 0.4) is 0 Å². The number of hydrogen-bond donors (Lipinski definition) is 0. The van der Waals surface area contributed by atoms with Gasteiger partial charge in [-0.2, -0.15) is 0 Å². The van der Waals surface area contributed by atoms with Crippen LogP contribution >= 0.6 is 11.6 Å². The molecule has 2 aromatic carbocycles. The Hall–Kier alpha value is -2.99. The number of halogens is 1. The van der Waals surface area contributed by atoms with Gasteiger partial charge in [0.2, 0.25) is 0 Å². The predicted octanol–water partition coefficient (Wildman–Crippen LogP) is 4.95. The van der Waals surface area contributed by atoms with Crippen LogP contribution in [-0.2, 0) is 11.4 Å². The number of hydrogen-bond acceptors (Lipinski definition) is 6. The lowest BCUT2D eigenvalue weighted by molar-refractivity contribution is 0.109. The fourth-order valence-electron chi connectivity index (χ4n) is 2.44. The van der Waals surface area contributed by atoms with Gasteiger partial charge in [0, 0.05) is 22.2 Å². The molecule has 3 rings (SSSR count). The highest BCUT2D eigenvalue weighted by Crippen LogP contribution is 2.28. The summed E-state index contributed by atoms with van der Waals surface area (Å²) in [6, 6.07) is 14.7. The summed E-state index contributed by atoms with van der Waals surface area (Å²) >= 11 is 5.90. The summed E-state index contributed by atoms with van der Waals surface area (Å²) in [5.41, 5.74) is 3.20. The van der Waals surface area contributed by atoms with Crippen molar-refractivity contribution < 1.29 is 18.8 Å². The molecule has 140 valence electrons. The second-order valence-electron chi connectivity index (χ2n) is 5.71. The van der Waals surface area contributed by atoms with Gasteiger partial charge < -0.3 is 18.8 Å². The van der Waals surface area contributed by atoms with Crippen LogP contribution < -0.4 is 9.47 Å². The molecule has 6 nitrogen and oxygen atoms in total. The Bertz CT molecular complexity index is 935. The van der Waals surface area contributed by atoms with E-state index in [0.717, 1.165) is 11.1 Å². The topological polar surface area (TPSA) is 66.1 Å². The largest absolute Gasteiger partial charge is 0.493 e.